The van der Waals surface area contributed by atoms with Crippen molar-refractivity contribution in [1.29, 1.82) is 0 Å². The van der Waals surface area contributed by atoms with Gasteiger partial charge < -0.3 is 10.4 Å². The highest BCUT2D eigenvalue weighted by Gasteiger charge is 2.21. The lowest BCUT2D eigenvalue weighted by Gasteiger charge is -2.26. The van der Waals surface area contributed by atoms with E-state index in [-0.39, 0.29) is 0 Å². The highest BCUT2D eigenvalue weighted by atomic mass is 16.3. The van der Waals surface area contributed by atoms with Crippen LogP contribution >= 0.6 is 0 Å². The molecule has 0 unspecified atom stereocenters. The van der Waals surface area contributed by atoms with Crippen molar-refractivity contribution < 1.29 is 5.11 Å². The summed E-state index contributed by atoms with van der Waals surface area (Å²) >= 11 is 0. The first kappa shape index (κ1) is 12.9. The van der Waals surface area contributed by atoms with Gasteiger partial charge in [-0.05, 0) is 24.3 Å². The maximum Gasteiger partial charge on any atom is 0.0814 e. The Labute approximate surface area is 109 Å². The van der Waals surface area contributed by atoms with Crippen molar-refractivity contribution in [2.45, 2.75) is 32.3 Å². The van der Waals surface area contributed by atoms with Gasteiger partial charge in [0.15, 0.2) is 0 Å². The van der Waals surface area contributed by atoms with Crippen LogP contribution in [0.5, 0.6) is 0 Å². The second-order valence-electron chi connectivity index (χ2n) is 4.81. The summed E-state index contributed by atoms with van der Waals surface area (Å²) in [6.45, 7) is 4.64. The Hall–Kier alpha value is -1.54. The van der Waals surface area contributed by atoms with Crippen LogP contribution in [0.15, 0.2) is 42.5 Å². The fraction of sp³-hybridized carbons (Fsp3) is 0.375. The molecule has 0 saturated carbocycles. The van der Waals surface area contributed by atoms with Gasteiger partial charge in [0.25, 0.3) is 0 Å². The van der Waals surface area contributed by atoms with E-state index in [0.717, 1.165) is 18.5 Å². The van der Waals surface area contributed by atoms with Gasteiger partial charge in [0, 0.05) is 17.6 Å². The average Bonchev–Trinajstić information content (AvgIpc) is 2.44. The minimum atomic E-state index is -0.614. The van der Waals surface area contributed by atoms with Crippen LogP contribution in [0.25, 0.3) is 10.8 Å². The topological polar surface area (TPSA) is 32.3 Å². The lowest BCUT2D eigenvalue weighted by atomic mass is 9.97. The molecule has 96 valence electrons. The van der Waals surface area contributed by atoms with E-state index >= 15 is 0 Å². The third-order valence-electron chi connectivity index (χ3n) is 3.71. The number of fused-ring (bicyclic) bond motifs is 1. The van der Waals surface area contributed by atoms with Crippen molar-refractivity contribution in [1.82, 2.24) is 0 Å². The Morgan fingerprint density at radius 3 is 2.39 bits per heavy atom. The lowest BCUT2D eigenvalue weighted by molar-refractivity contribution is 0.0457. The highest BCUT2D eigenvalue weighted by Crippen LogP contribution is 2.24. The molecule has 0 heterocycles. The van der Waals surface area contributed by atoms with Crippen molar-refractivity contribution in [3.8, 4) is 0 Å². The summed E-state index contributed by atoms with van der Waals surface area (Å²) in [5.74, 6) is 0. The molecule has 0 aliphatic heterocycles. The second kappa shape index (κ2) is 5.40. The molecule has 0 radical (unpaired) electrons. The van der Waals surface area contributed by atoms with Crippen molar-refractivity contribution in [2.24, 2.45) is 0 Å². The summed E-state index contributed by atoms with van der Waals surface area (Å²) < 4.78 is 0. The van der Waals surface area contributed by atoms with E-state index in [9.17, 15) is 5.11 Å². The average molecular weight is 243 g/mol. The predicted octanol–water partition coefficient (Wildman–Crippen LogP) is 3.80. The van der Waals surface area contributed by atoms with E-state index < -0.39 is 5.60 Å². The Balaban J connectivity index is 2.22. The van der Waals surface area contributed by atoms with Crippen LogP contribution in [0.3, 0.4) is 0 Å². The summed E-state index contributed by atoms with van der Waals surface area (Å²) in [5, 5.41) is 16.1. The molecule has 0 amide bonds. The van der Waals surface area contributed by atoms with Crippen LogP contribution < -0.4 is 5.32 Å². The fourth-order valence-corrected chi connectivity index (χ4v) is 2.14. The van der Waals surface area contributed by atoms with Gasteiger partial charge in [-0.2, -0.15) is 0 Å². The first-order chi connectivity index (χ1) is 8.68. The minimum absolute atomic E-state index is 0.591. The highest BCUT2D eigenvalue weighted by molar-refractivity contribution is 5.93. The number of hydrogen-bond donors (Lipinski definition) is 2. The third-order valence-corrected chi connectivity index (χ3v) is 3.71. The molecule has 0 fully saturated rings. The van der Waals surface area contributed by atoms with E-state index in [4.69, 9.17) is 0 Å². The molecule has 2 N–H and O–H groups in total. The van der Waals surface area contributed by atoms with E-state index in [1.165, 1.54) is 10.8 Å². The molecule has 18 heavy (non-hydrogen) atoms. The zero-order valence-electron chi connectivity index (χ0n) is 11.1. The van der Waals surface area contributed by atoms with Crippen molar-refractivity contribution in [2.75, 3.05) is 11.9 Å². The van der Waals surface area contributed by atoms with Gasteiger partial charge in [-0.25, -0.2) is 0 Å². The molecule has 0 saturated heterocycles. The maximum atomic E-state index is 10.3. The quantitative estimate of drug-likeness (QED) is 0.837. The van der Waals surface area contributed by atoms with Crippen LogP contribution in [-0.4, -0.2) is 17.3 Å². The molecule has 2 aromatic rings. The maximum absolute atomic E-state index is 10.3. The molecule has 0 atom stereocenters. The lowest BCUT2D eigenvalue weighted by Crippen LogP contribution is -2.35. The molecular weight excluding hydrogens is 222 g/mol. The fourth-order valence-electron chi connectivity index (χ4n) is 2.14. The number of rotatable bonds is 5. The van der Waals surface area contributed by atoms with E-state index in [2.05, 4.69) is 29.6 Å². The first-order valence-electron chi connectivity index (χ1n) is 6.62. The largest absolute Gasteiger partial charge is 0.388 e. The summed E-state index contributed by atoms with van der Waals surface area (Å²) in [7, 11) is 0. The van der Waals surface area contributed by atoms with Crippen LogP contribution in [0.4, 0.5) is 5.69 Å². The van der Waals surface area contributed by atoms with Gasteiger partial charge in [-0.3, -0.25) is 0 Å². The zero-order chi connectivity index (χ0) is 13.0. The summed E-state index contributed by atoms with van der Waals surface area (Å²) in [6.07, 6.45) is 1.53. The molecule has 0 aromatic heterocycles. The molecule has 2 aromatic carbocycles. The number of nitrogens with one attached hydrogen (secondary N) is 1. The number of anilines is 1. The molecule has 0 spiro atoms. The number of hydrogen-bond acceptors (Lipinski definition) is 2. The summed E-state index contributed by atoms with van der Waals surface area (Å²) in [5.41, 5.74) is 0.477. The van der Waals surface area contributed by atoms with Gasteiger partial charge in [0.1, 0.15) is 0 Å². The second-order valence-corrected chi connectivity index (χ2v) is 4.81. The SMILES string of the molecule is CCC(O)(CC)CNc1cccc2ccccc12. The first-order valence-corrected chi connectivity index (χ1v) is 6.62. The standard InChI is InChI=1S/C16H21NO/c1-3-16(18,4-2)12-17-15-11-7-9-13-8-5-6-10-14(13)15/h5-11,17-18H,3-4,12H2,1-2H3. The van der Waals surface area contributed by atoms with E-state index in [1.54, 1.807) is 0 Å². The molecule has 2 rings (SSSR count). The smallest absolute Gasteiger partial charge is 0.0814 e. The Morgan fingerprint density at radius 2 is 1.67 bits per heavy atom. The molecule has 0 bridgehead atoms. The Morgan fingerprint density at radius 1 is 1.00 bits per heavy atom. The van der Waals surface area contributed by atoms with E-state index in [1.807, 2.05) is 32.0 Å². The monoisotopic (exact) mass is 243 g/mol. The minimum Gasteiger partial charge on any atom is -0.388 e. The molecule has 2 heteroatoms. The van der Waals surface area contributed by atoms with Gasteiger partial charge >= 0.3 is 0 Å². The predicted molar refractivity (Wildman–Crippen MR) is 78.0 cm³/mol. The van der Waals surface area contributed by atoms with Crippen LogP contribution in [0, 0.1) is 0 Å². The Kier molecular flexibility index (Phi) is 3.87. The number of aliphatic hydroxyl groups is 1. The van der Waals surface area contributed by atoms with Gasteiger partial charge in [-0.1, -0.05) is 50.2 Å². The molecule has 0 aliphatic rings. The molecule has 0 aliphatic carbocycles. The van der Waals surface area contributed by atoms with Gasteiger partial charge in [0.2, 0.25) is 0 Å². The molecular formula is C16H21NO. The van der Waals surface area contributed by atoms with Gasteiger partial charge in [-0.15, -0.1) is 0 Å². The van der Waals surface area contributed by atoms with Crippen molar-refractivity contribution in [3.63, 3.8) is 0 Å². The van der Waals surface area contributed by atoms with Crippen LogP contribution in [0.2, 0.25) is 0 Å². The van der Waals surface area contributed by atoms with Crippen molar-refractivity contribution in [3.05, 3.63) is 42.5 Å². The normalized spacial score (nSPS) is 11.7. The number of benzene rings is 2. The summed E-state index contributed by atoms with van der Waals surface area (Å²) in [6, 6.07) is 14.5. The van der Waals surface area contributed by atoms with Gasteiger partial charge in [0.05, 0.1) is 5.60 Å². The van der Waals surface area contributed by atoms with Crippen LogP contribution in [-0.2, 0) is 0 Å². The zero-order valence-corrected chi connectivity index (χ0v) is 11.1. The third kappa shape index (κ3) is 2.65. The van der Waals surface area contributed by atoms with Crippen molar-refractivity contribution >= 4 is 16.5 Å². The Bertz CT molecular complexity index is 512. The summed E-state index contributed by atoms with van der Waals surface area (Å²) in [4.78, 5) is 0. The van der Waals surface area contributed by atoms with Crippen LogP contribution in [0.1, 0.15) is 26.7 Å². The van der Waals surface area contributed by atoms with E-state index in [0.29, 0.717) is 6.54 Å². The molecule has 2 nitrogen and oxygen atoms in total.